The fraction of sp³-hybridized carbons (Fsp3) is 1.00. The van der Waals surface area contributed by atoms with E-state index in [2.05, 4.69) is 11.6 Å². The molecule has 20 heavy (non-hydrogen) atoms. The minimum Gasteiger partial charge on any atom is -0.396 e. The lowest BCUT2D eigenvalue weighted by Crippen LogP contribution is -2.48. The van der Waals surface area contributed by atoms with E-state index in [-0.39, 0.29) is 18.6 Å². The number of nitrogens with one attached hydrogen (secondary N) is 1. The lowest BCUT2D eigenvalue weighted by Gasteiger charge is -2.31. The van der Waals surface area contributed by atoms with Crippen molar-refractivity contribution in [3.05, 3.63) is 0 Å². The van der Waals surface area contributed by atoms with Gasteiger partial charge in [-0.2, -0.15) is 17.4 Å². The normalized spacial score (nSPS) is 22.9. The molecule has 1 heterocycles. The molecule has 0 spiro atoms. The van der Waals surface area contributed by atoms with Gasteiger partial charge in [0, 0.05) is 25.7 Å². The zero-order valence-corrected chi connectivity index (χ0v) is 13.7. The molecule has 0 amide bonds. The average molecular weight is 306 g/mol. The Kier molecular flexibility index (Phi) is 8.02. The molecule has 1 aliphatic heterocycles. The van der Waals surface area contributed by atoms with Gasteiger partial charge in [0.2, 0.25) is 0 Å². The Morgan fingerprint density at radius 1 is 1.35 bits per heavy atom. The van der Waals surface area contributed by atoms with E-state index >= 15 is 0 Å². The molecule has 0 aromatic rings. The van der Waals surface area contributed by atoms with Crippen molar-refractivity contribution in [1.82, 2.24) is 9.03 Å². The van der Waals surface area contributed by atoms with E-state index in [1.165, 1.54) is 23.6 Å². The predicted octanol–water partition coefficient (Wildman–Crippen LogP) is 1.88. The highest BCUT2D eigenvalue weighted by molar-refractivity contribution is 7.87. The SMILES string of the molecule is CCCCCCC(C)NS(=O)(=O)N1CCCC(CO)C1. The Morgan fingerprint density at radius 3 is 2.75 bits per heavy atom. The van der Waals surface area contributed by atoms with E-state index in [1.807, 2.05) is 6.92 Å². The highest BCUT2D eigenvalue weighted by atomic mass is 32.2. The number of hydrogen-bond donors (Lipinski definition) is 2. The summed E-state index contributed by atoms with van der Waals surface area (Å²) in [6.45, 7) is 5.17. The van der Waals surface area contributed by atoms with Crippen LogP contribution in [0.5, 0.6) is 0 Å². The van der Waals surface area contributed by atoms with Crippen LogP contribution in [0.2, 0.25) is 0 Å². The summed E-state index contributed by atoms with van der Waals surface area (Å²) in [6.07, 6.45) is 7.26. The molecule has 0 bridgehead atoms. The Labute approximate surface area is 123 Å². The van der Waals surface area contributed by atoms with Gasteiger partial charge in [0.25, 0.3) is 10.2 Å². The number of aliphatic hydroxyl groups is 1. The Bertz CT molecular complexity index is 359. The van der Waals surface area contributed by atoms with Gasteiger partial charge in [0.1, 0.15) is 0 Å². The molecule has 6 heteroatoms. The average Bonchev–Trinajstić information content (AvgIpc) is 2.43. The molecular formula is C14H30N2O3S. The van der Waals surface area contributed by atoms with Crippen molar-refractivity contribution < 1.29 is 13.5 Å². The number of rotatable bonds is 9. The maximum atomic E-state index is 12.3. The second-order valence-corrected chi connectivity index (χ2v) is 7.62. The molecule has 0 saturated carbocycles. The first-order valence-electron chi connectivity index (χ1n) is 7.87. The lowest BCUT2D eigenvalue weighted by atomic mass is 10.0. The molecule has 0 aromatic heterocycles. The third-order valence-electron chi connectivity index (χ3n) is 3.92. The van der Waals surface area contributed by atoms with Crippen LogP contribution < -0.4 is 4.72 Å². The Balaban J connectivity index is 2.39. The summed E-state index contributed by atoms with van der Waals surface area (Å²) < 4.78 is 28.8. The molecule has 5 nitrogen and oxygen atoms in total. The van der Waals surface area contributed by atoms with Crippen LogP contribution in [-0.2, 0) is 10.2 Å². The zero-order chi connectivity index (χ0) is 15.0. The molecule has 1 rings (SSSR count). The van der Waals surface area contributed by atoms with Crippen LogP contribution in [0.4, 0.5) is 0 Å². The summed E-state index contributed by atoms with van der Waals surface area (Å²) in [5.41, 5.74) is 0. The molecule has 0 aliphatic carbocycles. The summed E-state index contributed by atoms with van der Waals surface area (Å²) in [5.74, 6) is 0.0835. The van der Waals surface area contributed by atoms with E-state index < -0.39 is 10.2 Å². The van der Waals surface area contributed by atoms with Crippen LogP contribution in [0.15, 0.2) is 0 Å². The quantitative estimate of drug-likeness (QED) is 0.639. The first kappa shape index (κ1) is 17.9. The maximum Gasteiger partial charge on any atom is 0.279 e. The Morgan fingerprint density at radius 2 is 2.10 bits per heavy atom. The van der Waals surface area contributed by atoms with Gasteiger partial charge in [0.05, 0.1) is 0 Å². The van der Waals surface area contributed by atoms with E-state index in [0.29, 0.717) is 13.1 Å². The lowest BCUT2D eigenvalue weighted by molar-refractivity contribution is 0.164. The van der Waals surface area contributed by atoms with Crippen molar-refractivity contribution in [3.8, 4) is 0 Å². The molecule has 2 N–H and O–H groups in total. The van der Waals surface area contributed by atoms with Gasteiger partial charge >= 0.3 is 0 Å². The predicted molar refractivity (Wildman–Crippen MR) is 81.7 cm³/mol. The van der Waals surface area contributed by atoms with Crippen molar-refractivity contribution in [2.45, 2.75) is 64.8 Å². The molecule has 1 saturated heterocycles. The molecule has 2 atom stereocenters. The van der Waals surface area contributed by atoms with Gasteiger partial charge in [-0.15, -0.1) is 0 Å². The highest BCUT2D eigenvalue weighted by Gasteiger charge is 2.29. The number of nitrogens with zero attached hydrogens (tertiary/aromatic N) is 1. The van der Waals surface area contributed by atoms with Crippen molar-refractivity contribution >= 4 is 10.2 Å². The van der Waals surface area contributed by atoms with Crippen molar-refractivity contribution in [1.29, 1.82) is 0 Å². The van der Waals surface area contributed by atoms with Gasteiger partial charge < -0.3 is 5.11 Å². The fourth-order valence-electron chi connectivity index (χ4n) is 2.66. The zero-order valence-electron chi connectivity index (χ0n) is 12.8. The Hall–Kier alpha value is -0.170. The van der Waals surface area contributed by atoms with Crippen molar-refractivity contribution in [3.63, 3.8) is 0 Å². The monoisotopic (exact) mass is 306 g/mol. The molecule has 0 aromatic carbocycles. The summed E-state index contributed by atoms with van der Waals surface area (Å²) in [6, 6.07) is -0.0219. The van der Waals surface area contributed by atoms with Crippen molar-refractivity contribution in [2.75, 3.05) is 19.7 Å². The van der Waals surface area contributed by atoms with E-state index in [1.54, 1.807) is 0 Å². The van der Waals surface area contributed by atoms with Gasteiger partial charge in [-0.3, -0.25) is 0 Å². The van der Waals surface area contributed by atoms with Crippen LogP contribution in [-0.4, -0.2) is 43.6 Å². The number of aliphatic hydroxyl groups excluding tert-OH is 1. The van der Waals surface area contributed by atoms with Gasteiger partial charge in [-0.1, -0.05) is 32.6 Å². The van der Waals surface area contributed by atoms with E-state index in [4.69, 9.17) is 0 Å². The fourth-order valence-corrected chi connectivity index (χ4v) is 4.21. The maximum absolute atomic E-state index is 12.3. The second-order valence-electron chi connectivity index (χ2n) is 5.92. The number of unbranched alkanes of at least 4 members (excludes halogenated alkanes) is 3. The number of hydrogen-bond acceptors (Lipinski definition) is 3. The van der Waals surface area contributed by atoms with Crippen molar-refractivity contribution in [2.24, 2.45) is 5.92 Å². The molecular weight excluding hydrogens is 276 g/mol. The molecule has 2 unspecified atom stereocenters. The van der Waals surface area contributed by atoms with E-state index in [0.717, 1.165) is 25.7 Å². The first-order chi connectivity index (χ1) is 9.49. The number of piperidine rings is 1. The van der Waals surface area contributed by atoms with Crippen LogP contribution >= 0.6 is 0 Å². The third-order valence-corrected chi connectivity index (χ3v) is 5.63. The van der Waals surface area contributed by atoms with Crippen LogP contribution in [0.3, 0.4) is 0 Å². The standard InChI is InChI=1S/C14H30N2O3S/c1-3-4-5-6-8-13(2)15-20(18,19)16-10-7-9-14(11-16)12-17/h13-15,17H,3-12H2,1-2H3. The minimum atomic E-state index is -3.40. The molecule has 1 fully saturated rings. The molecule has 120 valence electrons. The van der Waals surface area contributed by atoms with Gasteiger partial charge in [-0.05, 0) is 32.1 Å². The highest BCUT2D eigenvalue weighted by Crippen LogP contribution is 2.18. The summed E-state index contributed by atoms with van der Waals surface area (Å²) in [5, 5.41) is 9.18. The second kappa shape index (κ2) is 8.97. The van der Waals surface area contributed by atoms with Crippen LogP contribution in [0.1, 0.15) is 58.8 Å². The first-order valence-corrected chi connectivity index (χ1v) is 9.31. The topological polar surface area (TPSA) is 69.6 Å². The third kappa shape index (κ3) is 6.08. The smallest absolute Gasteiger partial charge is 0.279 e. The van der Waals surface area contributed by atoms with E-state index in [9.17, 15) is 13.5 Å². The minimum absolute atomic E-state index is 0.0219. The molecule has 0 radical (unpaired) electrons. The summed E-state index contributed by atoms with van der Waals surface area (Å²) >= 11 is 0. The summed E-state index contributed by atoms with van der Waals surface area (Å²) in [7, 11) is -3.40. The van der Waals surface area contributed by atoms with Crippen LogP contribution in [0, 0.1) is 5.92 Å². The largest absolute Gasteiger partial charge is 0.396 e. The van der Waals surface area contributed by atoms with Gasteiger partial charge in [-0.25, -0.2) is 0 Å². The van der Waals surface area contributed by atoms with Crippen LogP contribution in [0.25, 0.3) is 0 Å². The molecule has 1 aliphatic rings. The van der Waals surface area contributed by atoms with Gasteiger partial charge in [0.15, 0.2) is 0 Å². The summed E-state index contributed by atoms with van der Waals surface area (Å²) in [4.78, 5) is 0.